The van der Waals surface area contributed by atoms with E-state index in [1.165, 1.54) is 25.1 Å². The van der Waals surface area contributed by atoms with Crippen LogP contribution in [-0.4, -0.2) is 0 Å². The largest absolute Gasteiger partial charge is 0.378 e. The average molecular weight is 286 g/mol. The summed E-state index contributed by atoms with van der Waals surface area (Å²) in [6.45, 7) is 1.45. The molecule has 0 aliphatic carbocycles. The molecule has 0 radical (unpaired) electrons. The van der Waals surface area contributed by atoms with Gasteiger partial charge in [-0.05, 0) is 30.7 Å². The first-order valence-electron chi connectivity index (χ1n) is 5.61. The number of aryl methyl sites for hydroxylation is 1. The van der Waals surface area contributed by atoms with Crippen LogP contribution in [0.5, 0.6) is 0 Å². The molecule has 0 saturated carbocycles. The van der Waals surface area contributed by atoms with Crippen LogP contribution in [0.2, 0.25) is 5.02 Å². The fourth-order valence-corrected chi connectivity index (χ4v) is 1.90. The zero-order chi connectivity index (χ0) is 14.0. The van der Waals surface area contributed by atoms with Gasteiger partial charge in [-0.25, -0.2) is 13.2 Å². The second-order valence-corrected chi connectivity index (χ2v) is 4.54. The summed E-state index contributed by atoms with van der Waals surface area (Å²) in [5.74, 6) is -1.61. The summed E-state index contributed by atoms with van der Waals surface area (Å²) >= 11 is 5.84. The van der Waals surface area contributed by atoms with Crippen LogP contribution >= 0.6 is 11.6 Å². The van der Waals surface area contributed by atoms with Gasteiger partial charge in [0.25, 0.3) is 0 Å². The standard InChI is InChI=1S/C14H11ClF3N/c1-8-5-13(18)14(6-12(8)17)19-7-9-10(15)3-2-4-11(9)16/h2-6,19H,7H2,1H3. The Labute approximate surface area is 114 Å². The number of benzene rings is 2. The van der Waals surface area contributed by atoms with Gasteiger partial charge in [0.15, 0.2) is 0 Å². The molecule has 100 valence electrons. The number of rotatable bonds is 3. The van der Waals surface area contributed by atoms with Crippen LogP contribution in [0.15, 0.2) is 30.3 Å². The Bertz CT molecular complexity index is 594. The highest BCUT2D eigenvalue weighted by Crippen LogP contribution is 2.23. The first-order chi connectivity index (χ1) is 8.99. The summed E-state index contributed by atoms with van der Waals surface area (Å²) in [7, 11) is 0. The number of hydrogen-bond acceptors (Lipinski definition) is 1. The van der Waals surface area contributed by atoms with Crippen molar-refractivity contribution in [2.24, 2.45) is 0 Å². The smallest absolute Gasteiger partial charge is 0.146 e. The Balaban J connectivity index is 2.22. The first-order valence-corrected chi connectivity index (χ1v) is 5.99. The molecule has 0 atom stereocenters. The van der Waals surface area contributed by atoms with Crippen LogP contribution in [0, 0.1) is 24.4 Å². The van der Waals surface area contributed by atoms with Crippen LogP contribution in [-0.2, 0) is 6.54 Å². The minimum atomic E-state index is -0.591. The molecule has 2 rings (SSSR count). The summed E-state index contributed by atoms with van der Waals surface area (Å²) in [5.41, 5.74) is 0.402. The highest BCUT2D eigenvalue weighted by atomic mass is 35.5. The van der Waals surface area contributed by atoms with Gasteiger partial charge in [0.05, 0.1) is 5.69 Å². The molecule has 0 aliphatic rings. The molecule has 2 aromatic rings. The lowest BCUT2D eigenvalue weighted by atomic mass is 10.1. The van der Waals surface area contributed by atoms with E-state index < -0.39 is 17.5 Å². The van der Waals surface area contributed by atoms with Gasteiger partial charge in [-0.2, -0.15) is 0 Å². The van der Waals surface area contributed by atoms with Crippen molar-refractivity contribution in [2.75, 3.05) is 5.32 Å². The molecule has 0 aromatic heterocycles. The molecule has 2 aromatic carbocycles. The lowest BCUT2D eigenvalue weighted by Crippen LogP contribution is -2.05. The second kappa shape index (κ2) is 5.53. The van der Waals surface area contributed by atoms with Crippen LogP contribution in [0.1, 0.15) is 11.1 Å². The molecule has 0 spiro atoms. The molecule has 0 fully saturated rings. The third-order valence-corrected chi connectivity index (χ3v) is 3.12. The van der Waals surface area contributed by atoms with E-state index in [1.807, 2.05) is 0 Å². The molecule has 0 amide bonds. The monoisotopic (exact) mass is 285 g/mol. The summed E-state index contributed by atoms with van der Waals surface area (Å²) in [5, 5.41) is 2.88. The van der Waals surface area contributed by atoms with Gasteiger partial charge in [-0.15, -0.1) is 0 Å². The number of hydrogen-bond donors (Lipinski definition) is 1. The van der Waals surface area contributed by atoms with Gasteiger partial charge in [-0.1, -0.05) is 17.7 Å². The van der Waals surface area contributed by atoms with E-state index in [0.29, 0.717) is 0 Å². The van der Waals surface area contributed by atoms with Crippen molar-refractivity contribution in [3.8, 4) is 0 Å². The van der Waals surface area contributed by atoms with Crippen molar-refractivity contribution in [1.82, 2.24) is 0 Å². The fourth-order valence-electron chi connectivity index (χ4n) is 1.67. The van der Waals surface area contributed by atoms with E-state index in [0.717, 1.165) is 12.1 Å². The molecular weight excluding hydrogens is 275 g/mol. The Kier molecular flexibility index (Phi) is 4.00. The third-order valence-electron chi connectivity index (χ3n) is 2.77. The maximum atomic E-state index is 13.6. The molecule has 0 bridgehead atoms. The summed E-state index contributed by atoms with van der Waals surface area (Å²) in [6, 6.07) is 6.40. The second-order valence-electron chi connectivity index (χ2n) is 4.14. The molecule has 0 saturated heterocycles. The third kappa shape index (κ3) is 3.01. The number of nitrogens with one attached hydrogen (secondary N) is 1. The van der Waals surface area contributed by atoms with E-state index in [-0.39, 0.29) is 28.4 Å². The van der Waals surface area contributed by atoms with Crippen LogP contribution < -0.4 is 5.32 Å². The topological polar surface area (TPSA) is 12.0 Å². The number of halogens is 4. The van der Waals surface area contributed by atoms with Gasteiger partial charge in [0.2, 0.25) is 0 Å². The van der Waals surface area contributed by atoms with E-state index in [1.54, 1.807) is 0 Å². The fraction of sp³-hybridized carbons (Fsp3) is 0.143. The zero-order valence-corrected chi connectivity index (χ0v) is 10.9. The van der Waals surface area contributed by atoms with Crippen LogP contribution in [0.4, 0.5) is 18.9 Å². The van der Waals surface area contributed by atoms with Crippen LogP contribution in [0.3, 0.4) is 0 Å². The van der Waals surface area contributed by atoms with E-state index in [2.05, 4.69) is 5.32 Å². The lowest BCUT2D eigenvalue weighted by molar-refractivity contribution is 0.593. The summed E-state index contributed by atoms with van der Waals surface area (Å²) in [6.07, 6.45) is 0. The highest BCUT2D eigenvalue weighted by Gasteiger charge is 2.10. The molecule has 1 nitrogen and oxygen atoms in total. The van der Waals surface area contributed by atoms with Crippen molar-refractivity contribution in [1.29, 1.82) is 0 Å². The number of anilines is 1. The van der Waals surface area contributed by atoms with Gasteiger partial charge >= 0.3 is 0 Å². The van der Waals surface area contributed by atoms with Gasteiger partial charge in [0, 0.05) is 23.2 Å². The molecule has 5 heteroatoms. The quantitative estimate of drug-likeness (QED) is 0.863. The lowest BCUT2D eigenvalue weighted by Gasteiger charge is -2.11. The molecule has 19 heavy (non-hydrogen) atoms. The minimum absolute atomic E-state index is 0.0229. The zero-order valence-electron chi connectivity index (χ0n) is 10.1. The van der Waals surface area contributed by atoms with Crippen molar-refractivity contribution < 1.29 is 13.2 Å². The Morgan fingerprint density at radius 1 is 1.05 bits per heavy atom. The predicted octanol–water partition coefficient (Wildman–Crippen LogP) is 4.68. The van der Waals surface area contributed by atoms with E-state index in [9.17, 15) is 13.2 Å². The molecule has 0 heterocycles. The predicted molar refractivity (Wildman–Crippen MR) is 69.8 cm³/mol. The van der Waals surface area contributed by atoms with Crippen LogP contribution in [0.25, 0.3) is 0 Å². The van der Waals surface area contributed by atoms with Crippen molar-refractivity contribution in [2.45, 2.75) is 13.5 Å². The SMILES string of the molecule is Cc1cc(F)c(NCc2c(F)cccc2Cl)cc1F. The minimum Gasteiger partial charge on any atom is -0.378 e. The van der Waals surface area contributed by atoms with E-state index >= 15 is 0 Å². The normalized spacial score (nSPS) is 10.6. The Hall–Kier alpha value is -1.68. The maximum Gasteiger partial charge on any atom is 0.146 e. The summed E-state index contributed by atoms with van der Waals surface area (Å²) < 4.78 is 40.4. The van der Waals surface area contributed by atoms with Crippen molar-refractivity contribution in [3.05, 3.63) is 63.9 Å². The van der Waals surface area contributed by atoms with Crippen molar-refractivity contribution >= 4 is 17.3 Å². The molecule has 0 unspecified atom stereocenters. The molecule has 1 N–H and O–H groups in total. The molecular formula is C14H11ClF3N. The van der Waals surface area contributed by atoms with Gasteiger partial charge in [-0.3, -0.25) is 0 Å². The molecule has 0 aliphatic heterocycles. The first kappa shape index (κ1) is 13.7. The van der Waals surface area contributed by atoms with E-state index in [4.69, 9.17) is 11.6 Å². The van der Waals surface area contributed by atoms with Crippen molar-refractivity contribution in [3.63, 3.8) is 0 Å². The highest BCUT2D eigenvalue weighted by molar-refractivity contribution is 6.31. The average Bonchev–Trinajstić information content (AvgIpc) is 2.34. The summed E-state index contributed by atoms with van der Waals surface area (Å²) in [4.78, 5) is 0. The van der Waals surface area contributed by atoms with Gasteiger partial charge < -0.3 is 5.32 Å². The Morgan fingerprint density at radius 2 is 1.79 bits per heavy atom. The van der Waals surface area contributed by atoms with Gasteiger partial charge in [0.1, 0.15) is 17.5 Å². The Morgan fingerprint density at radius 3 is 2.47 bits per heavy atom. The maximum absolute atomic E-state index is 13.6.